The van der Waals surface area contributed by atoms with Gasteiger partial charge in [-0.1, -0.05) is 41.9 Å². The molecule has 2 rings (SSSR count). The highest BCUT2D eigenvalue weighted by Gasteiger charge is 2.14. The summed E-state index contributed by atoms with van der Waals surface area (Å²) in [5.41, 5.74) is 2.12. The molecule has 0 radical (unpaired) electrons. The molecule has 0 aliphatic carbocycles. The van der Waals surface area contributed by atoms with Crippen LogP contribution in [0.1, 0.15) is 31.9 Å². The molecular formula is C19H24ClNO2. The largest absolute Gasteiger partial charge is 0.493 e. The molecule has 23 heavy (non-hydrogen) atoms. The number of methoxy groups -OCH3 is 1. The Balaban J connectivity index is 2.12. The molecule has 0 heterocycles. The molecule has 2 aromatic carbocycles. The number of benzene rings is 2. The minimum Gasteiger partial charge on any atom is -0.493 e. The molecule has 0 spiro atoms. The first-order valence-electron chi connectivity index (χ1n) is 7.67. The summed E-state index contributed by atoms with van der Waals surface area (Å²) < 4.78 is 11.3. The second-order valence-electron chi connectivity index (χ2n) is 6.47. The Morgan fingerprint density at radius 3 is 2.35 bits per heavy atom. The van der Waals surface area contributed by atoms with Gasteiger partial charge in [0.1, 0.15) is 6.61 Å². The predicted octanol–water partition coefficient (Wildman–Crippen LogP) is 4.82. The zero-order valence-electron chi connectivity index (χ0n) is 14.2. The molecule has 3 nitrogen and oxygen atoms in total. The van der Waals surface area contributed by atoms with E-state index < -0.39 is 0 Å². The lowest BCUT2D eigenvalue weighted by molar-refractivity contribution is 0.284. The third-order valence-corrected chi connectivity index (χ3v) is 3.73. The van der Waals surface area contributed by atoms with Gasteiger partial charge in [-0.25, -0.2) is 0 Å². The van der Waals surface area contributed by atoms with Gasteiger partial charge >= 0.3 is 0 Å². The Morgan fingerprint density at radius 1 is 1.04 bits per heavy atom. The summed E-state index contributed by atoms with van der Waals surface area (Å²) in [6.07, 6.45) is 0. The summed E-state index contributed by atoms with van der Waals surface area (Å²) >= 11 is 6.39. The second-order valence-corrected chi connectivity index (χ2v) is 6.88. The quantitative estimate of drug-likeness (QED) is 0.822. The molecule has 1 N–H and O–H groups in total. The monoisotopic (exact) mass is 333 g/mol. The van der Waals surface area contributed by atoms with Crippen LogP contribution >= 0.6 is 11.6 Å². The van der Waals surface area contributed by atoms with Crippen LogP contribution < -0.4 is 14.8 Å². The van der Waals surface area contributed by atoms with Crippen molar-refractivity contribution in [1.82, 2.24) is 5.32 Å². The van der Waals surface area contributed by atoms with E-state index in [1.54, 1.807) is 7.11 Å². The fourth-order valence-electron chi connectivity index (χ4n) is 2.08. The minimum absolute atomic E-state index is 0.0268. The minimum atomic E-state index is 0.0268. The summed E-state index contributed by atoms with van der Waals surface area (Å²) in [6, 6.07) is 13.8. The third-order valence-electron chi connectivity index (χ3n) is 3.38. The van der Waals surface area contributed by atoms with Gasteiger partial charge in [0.2, 0.25) is 0 Å². The van der Waals surface area contributed by atoms with Crippen LogP contribution in [0.15, 0.2) is 42.5 Å². The van der Waals surface area contributed by atoms with Gasteiger partial charge in [-0.05, 0) is 38.0 Å². The van der Waals surface area contributed by atoms with Gasteiger partial charge in [0.25, 0.3) is 0 Å². The molecule has 4 heteroatoms. The number of hydrogen-bond donors (Lipinski definition) is 1. The van der Waals surface area contributed by atoms with E-state index in [1.165, 1.54) is 0 Å². The predicted molar refractivity (Wildman–Crippen MR) is 95.4 cm³/mol. The third kappa shape index (κ3) is 5.45. The summed E-state index contributed by atoms with van der Waals surface area (Å²) in [7, 11) is 1.64. The van der Waals surface area contributed by atoms with Gasteiger partial charge in [-0.3, -0.25) is 0 Å². The molecule has 0 aliphatic rings. The second kappa shape index (κ2) is 7.71. The van der Waals surface area contributed by atoms with E-state index in [9.17, 15) is 0 Å². The molecule has 0 atom stereocenters. The molecule has 124 valence electrons. The van der Waals surface area contributed by atoms with Crippen molar-refractivity contribution in [2.75, 3.05) is 7.11 Å². The zero-order valence-corrected chi connectivity index (χ0v) is 14.9. The Kier molecular flexibility index (Phi) is 5.91. The molecule has 0 saturated heterocycles. The summed E-state index contributed by atoms with van der Waals surface area (Å²) in [4.78, 5) is 0. The number of halogens is 1. The van der Waals surface area contributed by atoms with Crippen LogP contribution in [0, 0.1) is 0 Å². The molecule has 0 bridgehead atoms. The highest BCUT2D eigenvalue weighted by molar-refractivity contribution is 6.31. The van der Waals surface area contributed by atoms with E-state index in [4.69, 9.17) is 21.1 Å². The molecule has 0 unspecified atom stereocenters. The van der Waals surface area contributed by atoms with Crippen LogP contribution in [0.5, 0.6) is 11.5 Å². The van der Waals surface area contributed by atoms with Crippen LogP contribution in [0.25, 0.3) is 0 Å². The Hall–Kier alpha value is -1.71. The Morgan fingerprint density at radius 2 is 1.74 bits per heavy atom. The molecule has 0 saturated carbocycles. The van der Waals surface area contributed by atoms with Gasteiger partial charge < -0.3 is 14.8 Å². The van der Waals surface area contributed by atoms with Crippen molar-refractivity contribution in [3.63, 3.8) is 0 Å². The van der Waals surface area contributed by atoms with Crippen molar-refractivity contribution in [1.29, 1.82) is 0 Å². The first-order valence-corrected chi connectivity index (χ1v) is 8.05. The fraction of sp³-hybridized carbons (Fsp3) is 0.368. The van der Waals surface area contributed by atoms with Gasteiger partial charge in [0.05, 0.1) is 7.11 Å². The maximum absolute atomic E-state index is 6.39. The normalized spacial score (nSPS) is 11.3. The van der Waals surface area contributed by atoms with E-state index in [0.29, 0.717) is 29.7 Å². The standard InChI is InChI=1S/C19H24ClNO2/c1-19(2,3)21-12-15-10-17(22-4)18(11-16(15)20)23-13-14-8-6-5-7-9-14/h5-11,21H,12-13H2,1-4H3. The Bertz CT molecular complexity index is 636. The van der Waals surface area contributed by atoms with Crippen LogP contribution in [0.4, 0.5) is 0 Å². The first-order chi connectivity index (χ1) is 10.9. The SMILES string of the molecule is COc1cc(CNC(C)(C)C)c(Cl)cc1OCc1ccccc1. The van der Waals surface area contributed by atoms with Crippen LogP contribution in [0.2, 0.25) is 5.02 Å². The molecule has 0 aromatic heterocycles. The van der Waals surface area contributed by atoms with E-state index in [2.05, 4.69) is 26.1 Å². The lowest BCUT2D eigenvalue weighted by Crippen LogP contribution is -2.35. The molecule has 0 fully saturated rings. The van der Waals surface area contributed by atoms with Crippen LogP contribution in [-0.2, 0) is 13.2 Å². The lowest BCUT2D eigenvalue weighted by Gasteiger charge is -2.21. The van der Waals surface area contributed by atoms with E-state index >= 15 is 0 Å². The maximum atomic E-state index is 6.39. The van der Waals surface area contributed by atoms with Crippen LogP contribution in [0.3, 0.4) is 0 Å². The molecule has 2 aromatic rings. The zero-order chi connectivity index (χ0) is 16.9. The smallest absolute Gasteiger partial charge is 0.163 e. The van der Waals surface area contributed by atoms with Gasteiger partial charge in [0.15, 0.2) is 11.5 Å². The number of nitrogens with one attached hydrogen (secondary N) is 1. The van der Waals surface area contributed by atoms with Crippen molar-refractivity contribution in [3.05, 3.63) is 58.6 Å². The van der Waals surface area contributed by atoms with Crippen molar-refractivity contribution in [2.24, 2.45) is 0 Å². The van der Waals surface area contributed by atoms with E-state index in [0.717, 1.165) is 11.1 Å². The summed E-state index contributed by atoms with van der Waals surface area (Å²) in [5, 5.41) is 4.10. The summed E-state index contributed by atoms with van der Waals surface area (Å²) in [5.74, 6) is 1.34. The maximum Gasteiger partial charge on any atom is 0.163 e. The fourth-order valence-corrected chi connectivity index (χ4v) is 2.30. The number of rotatable bonds is 6. The highest BCUT2D eigenvalue weighted by Crippen LogP contribution is 2.34. The van der Waals surface area contributed by atoms with Gasteiger partial charge in [0, 0.05) is 23.2 Å². The van der Waals surface area contributed by atoms with E-state index in [-0.39, 0.29) is 5.54 Å². The van der Waals surface area contributed by atoms with Gasteiger partial charge in [-0.2, -0.15) is 0 Å². The van der Waals surface area contributed by atoms with Crippen molar-refractivity contribution in [3.8, 4) is 11.5 Å². The van der Waals surface area contributed by atoms with Crippen molar-refractivity contribution >= 4 is 11.6 Å². The highest BCUT2D eigenvalue weighted by atomic mass is 35.5. The number of ether oxygens (including phenoxy) is 2. The van der Waals surface area contributed by atoms with Gasteiger partial charge in [-0.15, -0.1) is 0 Å². The molecular weight excluding hydrogens is 310 g/mol. The van der Waals surface area contributed by atoms with E-state index in [1.807, 2.05) is 42.5 Å². The average molecular weight is 334 g/mol. The molecule has 0 aliphatic heterocycles. The van der Waals surface area contributed by atoms with Crippen molar-refractivity contribution < 1.29 is 9.47 Å². The molecule has 0 amide bonds. The van der Waals surface area contributed by atoms with Crippen LogP contribution in [-0.4, -0.2) is 12.6 Å². The number of hydrogen-bond acceptors (Lipinski definition) is 3. The average Bonchev–Trinajstić information content (AvgIpc) is 2.52. The van der Waals surface area contributed by atoms with Crippen molar-refractivity contribution in [2.45, 2.75) is 39.5 Å². The first kappa shape index (κ1) is 17.6. The summed E-state index contributed by atoms with van der Waals surface area (Å²) in [6.45, 7) is 7.52. The Labute approximate surface area is 143 Å². The topological polar surface area (TPSA) is 30.5 Å². The lowest BCUT2D eigenvalue weighted by atomic mass is 10.1.